The van der Waals surface area contributed by atoms with Crippen molar-refractivity contribution in [3.63, 3.8) is 0 Å². The third-order valence-electron chi connectivity index (χ3n) is 2.43. The van der Waals surface area contributed by atoms with Gasteiger partial charge in [0, 0.05) is 13.1 Å². The maximum absolute atomic E-state index is 11.7. The number of likely N-dealkylation sites (tertiary alicyclic amines) is 1. The summed E-state index contributed by atoms with van der Waals surface area (Å²) in [5.41, 5.74) is -0.421. The van der Waals surface area contributed by atoms with Gasteiger partial charge in [0.1, 0.15) is 5.60 Å². The fourth-order valence-electron chi connectivity index (χ4n) is 1.58. The SMILES string of the molecule is CC(C)(C)OC(=O)N1CCC(C=N)CC1. The van der Waals surface area contributed by atoms with Crippen LogP contribution in [0.2, 0.25) is 0 Å². The molecule has 0 aromatic rings. The van der Waals surface area contributed by atoms with Gasteiger partial charge in [0.25, 0.3) is 0 Å². The third-order valence-corrected chi connectivity index (χ3v) is 2.43. The summed E-state index contributed by atoms with van der Waals surface area (Å²) in [5, 5.41) is 7.15. The molecule has 1 saturated heterocycles. The van der Waals surface area contributed by atoms with E-state index in [1.807, 2.05) is 20.8 Å². The van der Waals surface area contributed by atoms with Crippen LogP contribution in [0.25, 0.3) is 0 Å². The second-order valence-electron chi connectivity index (χ2n) is 4.97. The zero-order valence-electron chi connectivity index (χ0n) is 9.75. The summed E-state index contributed by atoms with van der Waals surface area (Å²) in [5.74, 6) is 0.337. The Morgan fingerprint density at radius 1 is 1.40 bits per heavy atom. The number of piperidine rings is 1. The normalized spacial score (nSPS) is 18.7. The number of carbonyl (C=O) groups is 1. The minimum Gasteiger partial charge on any atom is -0.444 e. The van der Waals surface area contributed by atoms with E-state index in [-0.39, 0.29) is 6.09 Å². The molecule has 1 N–H and O–H groups in total. The van der Waals surface area contributed by atoms with Crippen molar-refractivity contribution in [2.45, 2.75) is 39.2 Å². The number of rotatable bonds is 1. The highest BCUT2D eigenvalue weighted by atomic mass is 16.6. The van der Waals surface area contributed by atoms with Gasteiger partial charge < -0.3 is 15.0 Å². The lowest BCUT2D eigenvalue weighted by Gasteiger charge is -2.32. The number of amides is 1. The number of ether oxygens (including phenoxy) is 1. The molecule has 0 atom stereocenters. The van der Waals surface area contributed by atoms with Crippen LogP contribution in [0.4, 0.5) is 4.79 Å². The van der Waals surface area contributed by atoms with Gasteiger partial charge in [-0.05, 0) is 45.7 Å². The zero-order chi connectivity index (χ0) is 11.5. The van der Waals surface area contributed by atoms with E-state index in [0.29, 0.717) is 19.0 Å². The Balaban J connectivity index is 2.40. The lowest BCUT2D eigenvalue weighted by Crippen LogP contribution is -2.41. The van der Waals surface area contributed by atoms with Gasteiger partial charge in [-0.2, -0.15) is 0 Å². The Morgan fingerprint density at radius 2 is 1.93 bits per heavy atom. The molecule has 86 valence electrons. The Labute approximate surface area is 91.1 Å². The fraction of sp³-hybridized carbons (Fsp3) is 0.818. The Morgan fingerprint density at radius 3 is 2.33 bits per heavy atom. The van der Waals surface area contributed by atoms with Gasteiger partial charge in [-0.25, -0.2) is 4.79 Å². The van der Waals surface area contributed by atoms with Crippen LogP contribution in [0.5, 0.6) is 0 Å². The van der Waals surface area contributed by atoms with Crippen LogP contribution >= 0.6 is 0 Å². The maximum Gasteiger partial charge on any atom is 0.410 e. The van der Waals surface area contributed by atoms with Gasteiger partial charge in [-0.15, -0.1) is 0 Å². The van der Waals surface area contributed by atoms with E-state index in [1.165, 1.54) is 6.21 Å². The zero-order valence-corrected chi connectivity index (χ0v) is 9.75. The third kappa shape index (κ3) is 3.90. The number of nitrogens with zero attached hydrogens (tertiary/aromatic N) is 1. The van der Waals surface area contributed by atoms with Crippen LogP contribution in [-0.2, 0) is 4.74 Å². The van der Waals surface area contributed by atoms with Crippen molar-refractivity contribution in [2.75, 3.05) is 13.1 Å². The second kappa shape index (κ2) is 4.64. The molecule has 0 saturated carbocycles. The molecule has 0 bridgehead atoms. The second-order valence-corrected chi connectivity index (χ2v) is 4.97. The summed E-state index contributed by atoms with van der Waals surface area (Å²) in [6, 6.07) is 0. The van der Waals surface area contributed by atoms with E-state index >= 15 is 0 Å². The first kappa shape index (κ1) is 12.0. The van der Waals surface area contributed by atoms with E-state index in [2.05, 4.69) is 0 Å². The van der Waals surface area contributed by atoms with Gasteiger partial charge in [0.05, 0.1) is 0 Å². The molecule has 0 aromatic carbocycles. The number of hydrogen-bond acceptors (Lipinski definition) is 3. The minimum atomic E-state index is -0.421. The quantitative estimate of drug-likeness (QED) is 0.678. The van der Waals surface area contributed by atoms with E-state index in [4.69, 9.17) is 10.1 Å². The summed E-state index contributed by atoms with van der Waals surface area (Å²) in [4.78, 5) is 13.4. The van der Waals surface area contributed by atoms with Crippen molar-refractivity contribution in [3.8, 4) is 0 Å². The van der Waals surface area contributed by atoms with Crippen LogP contribution in [-0.4, -0.2) is 35.9 Å². The number of hydrogen-bond donors (Lipinski definition) is 1. The molecule has 0 aromatic heterocycles. The highest BCUT2D eigenvalue weighted by Gasteiger charge is 2.25. The molecule has 0 spiro atoms. The summed E-state index contributed by atoms with van der Waals surface area (Å²) in [7, 11) is 0. The van der Waals surface area contributed by atoms with Gasteiger partial charge >= 0.3 is 6.09 Å². The van der Waals surface area contributed by atoms with Gasteiger partial charge in [-0.3, -0.25) is 0 Å². The predicted octanol–water partition coefficient (Wildman–Crippen LogP) is 2.28. The molecule has 1 heterocycles. The fourth-order valence-corrected chi connectivity index (χ4v) is 1.58. The van der Waals surface area contributed by atoms with E-state index in [9.17, 15) is 4.79 Å². The van der Waals surface area contributed by atoms with Gasteiger partial charge in [0.15, 0.2) is 0 Å². The molecule has 1 rings (SSSR count). The van der Waals surface area contributed by atoms with E-state index < -0.39 is 5.60 Å². The van der Waals surface area contributed by atoms with Crippen LogP contribution in [0.3, 0.4) is 0 Å². The molecule has 1 amide bonds. The van der Waals surface area contributed by atoms with Crippen molar-refractivity contribution in [1.82, 2.24) is 4.90 Å². The van der Waals surface area contributed by atoms with Crippen molar-refractivity contribution in [2.24, 2.45) is 5.92 Å². The number of carbonyl (C=O) groups excluding carboxylic acids is 1. The monoisotopic (exact) mass is 212 g/mol. The number of nitrogens with one attached hydrogen (secondary N) is 1. The summed E-state index contributed by atoms with van der Waals surface area (Å²) >= 11 is 0. The Kier molecular flexibility index (Phi) is 3.72. The molecular formula is C11H20N2O2. The minimum absolute atomic E-state index is 0.231. The predicted molar refractivity (Wildman–Crippen MR) is 59.3 cm³/mol. The van der Waals surface area contributed by atoms with Crippen molar-refractivity contribution >= 4 is 12.3 Å². The summed E-state index contributed by atoms with van der Waals surface area (Å²) in [6.45, 7) is 7.02. The molecule has 0 unspecified atom stereocenters. The average Bonchev–Trinajstić information content (AvgIpc) is 2.15. The van der Waals surface area contributed by atoms with Crippen LogP contribution in [0.1, 0.15) is 33.6 Å². The topological polar surface area (TPSA) is 53.4 Å². The molecule has 0 radical (unpaired) electrons. The molecule has 4 nitrogen and oxygen atoms in total. The van der Waals surface area contributed by atoms with Crippen LogP contribution in [0.15, 0.2) is 0 Å². The van der Waals surface area contributed by atoms with Crippen molar-refractivity contribution < 1.29 is 9.53 Å². The summed E-state index contributed by atoms with van der Waals surface area (Å²) in [6.07, 6.45) is 3.00. The Bertz CT molecular complexity index is 237. The molecule has 1 fully saturated rings. The van der Waals surface area contributed by atoms with Crippen LogP contribution < -0.4 is 0 Å². The lowest BCUT2D eigenvalue weighted by molar-refractivity contribution is 0.0203. The smallest absolute Gasteiger partial charge is 0.410 e. The average molecular weight is 212 g/mol. The molecule has 15 heavy (non-hydrogen) atoms. The van der Waals surface area contributed by atoms with Gasteiger partial charge in [0.2, 0.25) is 0 Å². The highest BCUT2D eigenvalue weighted by Crippen LogP contribution is 2.17. The molecule has 1 aliphatic heterocycles. The largest absolute Gasteiger partial charge is 0.444 e. The van der Waals surface area contributed by atoms with E-state index in [1.54, 1.807) is 4.90 Å². The van der Waals surface area contributed by atoms with Gasteiger partial charge in [-0.1, -0.05) is 0 Å². The first-order valence-electron chi connectivity index (χ1n) is 5.41. The van der Waals surface area contributed by atoms with Crippen LogP contribution in [0, 0.1) is 11.3 Å². The first-order valence-corrected chi connectivity index (χ1v) is 5.41. The molecule has 1 aliphatic rings. The lowest BCUT2D eigenvalue weighted by atomic mass is 9.99. The standard InChI is InChI=1S/C11H20N2O2/c1-11(2,3)15-10(14)13-6-4-9(8-12)5-7-13/h8-9,12H,4-7H2,1-3H3. The Hall–Kier alpha value is -1.06. The van der Waals surface area contributed by atoms with E-state index in [0.717, 1.165) is 12.8 Å². The molecule has 0 aliphatic carbocycles. The highest BCUT2D eigenvalue weighted by molar-refractivity contribution is 5.68. The molecule has 4 heteroatoms. The molecular weight excluding hydrogens is 192 g/mol. The summed E-state index contributed by atoms with van der Waals surface area (Å²) < 4.78 is 5.28. The maximum atomic E-state index is 11.7. The first-order chi connectivity index (χ1) is 6.92. The van der Waals surface area contributed by atoms with Crippen molar-refractivity contribution in [1.29, 1.82) is 5.41 Å². The van der Waals surface area contributed by atoms with Crippen molar-refractivity contribution in [3.05, 3.63) is 0 Å².